The zero-order chi connectivity index (χ0) is 39.7. The lowest BCUT2D eigenvalue weighted by molar-refractivity contribution is -0.143. The van der Waals surface area contributed by atoms with Crippen LogP contribution < -0.4 is 10.6 Å². The maximum absolute atomic E-state index is 14.2. The van der Waals surface area contributed by atoms with Crippen LogP contribution in [0.25, 0.3) is 11.1 Å². The van der Waals surface area contributed by atoms with E-state index in [1.165, 1.54) is 0 Å². The van der Waals surface area contributed by atoms with E-state index in [4.69, 9.17) is 4.74 Å². The molecule has 0 bridgehead atoms. The van der Waals surface area contributed by atoms with Gasteiger partial charge in [-0.2, -0.15) is 0 Å². The second-order valence-electron chi connectivity index (χ2n) is 15.3. The smallest absolute Gasteiger partial charge is 0.338 e. The van der Waals surface area contributed by atoms with Crippen molar-refractivity contribution >= 4 is 23.8 Å². The lowest BCUT2D eigenvalue weighted by Crippen LogP contribution is -2.54. The fraction of sp³-hybridized carbons (Fsp3) is 0.489. The molecule has 1 aliphatic heterocycles. The summed E-state index contributed by atoms with van der Waals surface area (Å²) in [5.74, 6) is -0.459. The van der Waals surface area contributed by atoms with Crippen LogP contribution in [-0.4, -0.2) is 59.3 Å². The topological polar surface area (TPSA) is 108 Å². The summed E-state index contributed by atoms with van der Waals surface area (Å²) < 4.78 is 5.86. The molecule has 3 aromatic carbocycles. The van der Waals surface area contributed by atoms with Gasteiger partial charge in [0.1, 0.15) is 12.6 Å². The largest absolute Gasteiger partial charge is 0.457 e. The first kappa shape index (κ1) is 42.2. The molecule has 1 aliphatic carbocycles. The average molecular weight is 763 g/mol. The van der Waals surface area contributed by atoms with Crippen molar-refractivity contribution < 1.29 is 23.9 Å². The van der Waals surface area contributed by atoms with E-state index < -0.39 is 18.1 Å². The molecule has 300 valence electrons. The molecule has 1 saturated carbocycles. The van der Waals surface area contributed by atoms with E-state index in [0.717, 1.165) is 92.9 Å². The lowest BCUT2D eigenvalue weighted by Gasteiger charge is -2.38. The Bertz CT molecular complexity index is 1740. The number of urea groups is 1. The van der Waals surface area contributed by atoms with E-state index in [1.807, 2.05) is 89.8 Å². The molecular formula is C47H62N4O5. The van der Waals surface area contributed by atoms with Gasteiger partial charge in [-0.3, -0.25) is 14.5 Å². The second-order valence-corrected chi connectivity index (χ2v) is 15.3. The van der Waals surface area contributed by atoms with Crippen LogP contribution in [0.4, 0.5) is 4.79 Å². The molecular weight excluding hydrogens is 701 g/mol. The van der Waals surface area contributed by atoms with Crippen molar-refractivity contribution in [2.45, 2.75) is 123 Å². The minimum absolute atomic E-state index is 0.0372. The van der Waals surface area contributed by atoms with Crippen LogP contribution in [0, 0.1) is 5.92 Å². The monoisotopic (exact) mass is 762 g/mol. The van der Waals surface area contributed by atoms with Gasteiger partial charge in [-0.15, -0.1) is 0 Å². The van der Waals surface area contributed by atoms with Gasteiger partial charge in [-0.25, -0.2) is 9.59 Å². The number of amides is 4. The summed E-state index contributed by atoms with van der Waals surface area (Å²) in [6, 6.07) is 25.9. The maximum Gasteiger partial charge on any atom is 0.338 e. The Balaban J connectivity index is 1.35. The highest BCUT2D eigenvalue weighted by Gasteiger charge is 2.38. The first-order valence-corrected chi connectivity index (χ1v) is 21.0. The highest BCUT2D eigenvalue weighted by Crippen LogP contribution is 2.34. The summed E-state index contributed by atoms with van der Waals surface area (Å²) >= 11 is 0. The summed E-state index contributed by atoms with van der Waals surface area (Å²) in [6.45, 7) is 7.55. The van der Waals surface area contributed by atoms with E-state index in [-0.39, 0.29) is 43.3 Å². The number of ether oxygens (including phenoxy) is 1. The number of carbonyl (C=O) groups excluding carboxylic acids is 4. The molecule has 0 aromatic heterocycles. The third-order valence-electron chi connectivity index (χ3n) is 11.3. The normalized spacial score (nSPS) is 16.6. The number of rotatable bonds is 20. The van der Waals surface area contributed by atoms with Gasteiger partial charge in [0, 0.05) is 31.8 Å². The van der Waals surface area contributed by atoms with E-state index in [9.17, 15) is 19.2 Å². The zero-order valence-corrected chi connectivity index (χ0v) is 33.8. The maximum atomic E-state index is 14.2. The van der Waals surface area contributed by atoms with Gasteiger partial charge >= 0.3 is 12.0 Å². The van der Waals surface area contributed by atoms with Crippen LogP contribution >= 0.6 is 0 Å². The Morgan fingerprint density at radius 2 is 1.48 bits per heavy atom. The van der Waals surface area contributed by atoms with Gasteiger partial charge in [0.05, 0.1) is 11.6 Å². The van der Waals surface area contributed by atoms with Crippen molar-refractivity contribution in [1.82, 2.24) is 20.4 Å². The molecule has 5 rings (SSSR count). The minimum Gasteiger partial charge on any atom is -0.457 e. The van der Waals surface area contributed by atoms with Crippen molar-refractivity contribution in [3.8, 4) is 11.1 Å². The van der Waals surface area contributed by atoms with Gasteiger partial charge in [0.15, 0.2) is 0 Å². The molecule has 2 atom stereocenters. The van der Waals surface area contributed by atoms with Crippen molar-refractivity contribution in [2.24, 2.45) is 5.92 Å². The Morgan fingerprint density at radius 3 is 2.16 bits per heavy atom. The van der Waals surface area contributed by atoms with Crippen molar-refractivity contribution in [3.05, 3.63) is 107 Å². The third-order valence-corrected chi connectivity index (χ3v) is 11.3. The van der Waals surface area contributed by atoms with Crippen molar-refractivity contribution in [3.63, 3.8) is 0 Å². The number of esters is 1. The van der Waals surface area contributed by atoms with Gasteiger partial charge in [0.2, 0.25) is 11.8 Å². The molecule has 1 fully saturated rings. The van der Waals surface area contributed by atoms with Gasteiger partial charge < -0.3 is 20.3 Å². The fourth-order valence-corrected chi connectivity index (χ4v) is 8.08. The first-order chi connectivity index (χ1) is 27.3. The van der Waals surface area contributed by atoms with Crippen molar-refractivity contribution in [1.29, 1.82) is 0 Å². The molecule has 56 heavy (non-hydrogen) atoms. The Labute approximate surface area is 334 Å². The standard InChI is InChI=1S/C47H62N4O5/c1-4-6-8-18-32-51(44(40-24-16-11-17-25-40)45(53)48-31-7-5-2)41(52)26-19-33-50-35(3)42(46(54)56-34-36-20-12-9-13-21-36)43(49-47(50)55)39-29-27-38(28-30-39)37-22-14-10-15-23-37/h9-10,12-15,20-23,27-30,40,43-44H,4-8,11,16-19,24-26,31-34H2,1-3H3,(H,48,53)(H,49,55). The van der Waals surface area contributed by atoms with Gasteiger partial charge in [-0.05, 0) is 67.2 Å². The molecule has 0 saturated heterocycles. The lowest BCUT2D eigenvalue weighted by atomic mass is 9.82. The van der Waals surface area contributed by atoms with Crippen molar-refractivity contribution in [2.75, 3.05) is 19.6 Å². The highest BCUT2D eigenvalue weighted by molar-refractivity contribution is 5.95. The van der Waals surface area contributed by atoms with Gasteiger partial charge in [0.25, 0.3) is 0 Å². The van der Waals surface area contributed by atoms with Crippen LogP contribution in [0.5, 0.6) is 0 Å². The molecule has 2 aliphatic rings. The molecule has 3 aromatic rings. The average Bonchev–Trinajstić information content (AvgIpc) is 3.23. The van der Waals surface area contributed by atoms with E-state index in [0.29, 0.717) is 30.8 Å². The minimum atomic E-state index is -0.713. The van der Waals surface area contributed by atoms with Crippen LogP contribution in [0.1, 0.15) is 121 Å². The number of hydrogen-bond donors (Lipinski definition) is 2. The molecule has 1 heterocycles. The number of hydrogen-bond acceptors (Lipinski definition) is 5. The fourth-order valence-electron chi connectivity index (χ4n) is 8.08. The first-order valence-electron chi connectivity index (χ1n) is 21.0. The molecule has 4 amide bonds. The number of carbonyl (C=O) groups is 4. The number of allylic oxidation sites excluding steroid dienone is 1. The summed E-state index contributed by atoms with van der Waals surface area (Å²) in [5, 5.41) is 6.24. The Kier molecular flexibility index (Phi) is 16.6. The number of unbranched alkanes of at least 4 members (excludes halogenated alkanes) is 4. The van der Waals surface area contributed by atoms with Gasteiger partial charge in [-0.1, -0.05) is 144 Å². The second kappa shape index (κ2) is 22.0. The Hall–Kier alpha value is -4.92. The summed E-state index contributed by atoms with van der Waals surface area (Å²) in [5.41, 5.74) is 4.59. The summed E-state index contributed by atoms with van der Waals surface area (Å²) in [6.07, 6.45) is 11.7. The van der Waals surface area contributed by atoms with E-state index >= 15 is 0 Å². The number of nitrogens with one attached hydrogen (secondary N) is 2. The SMILES string of the molecule is CCCCCCN(C(=O)CCCN1C(=O)NC(c2ccc(-c3ccccc3)cc2)C(C(=O)OCc2ccccc2)=C1C)C(C(=O)NCCCC)C1CCCCC1. The summed E-state index contributed by atoms with van der Waals surface area (Å²) in [7, 11) is 0. The van der Waals surface area contributed by atoms with Crippen LogP contribution in [0.3, 0.4) is 0 Å². The van der Waals surface area contributed by atoms with Crippen LogP contribution in [-0.2, 0) is 25.7 Å². The van der Waals surface area contributed by atoms with E-state index in [1.54, 1.807) is 11.8 Å². The predicted molar refractivity (Wildman–Crippen MR) is 222 cm³/mol. The number of nitrogens with zero attached hydrogens (tertiary/aromatic N) is 2. The molecule has 2 unspecified atom stereocenters. The molecule has 0 radical (unpaired) electrons. The van der Waals surface area contributed by atoms with E-state index in [2.05, 4.69) is 24.5 Å². The summed E-state index contributed by atoms with van der Waals surface area (Å²) in [4.78, 5) is 59.3. The Morgan fingerprint density at radius 1 is 0.821 bits per heavy atom. The number of benzene rings is 3. The molecule has 9 nitrogen and oxygen atoms in total. The highest BCUT2D eigenvalue weighted by atomic mass is 16.5. The molecule has 9 heteroatoms. The molecule has 2 N–H and O–H groups in total. The van der Waals surface area contributed by atoms with Crippen LogP contribution in [0.15, 0.2) is 96.2 Å². The van der Waals surface area contributed by atoms with Crippen LogP contribution in [0.2, 0.25) is 0 Å². The quantitative estimate of drug-likeness (QED) is 0.0881. The predicted octanol–water partition coefficient (Wildman–Crippen LogP) is 9.49. The zero-order valence-electron chi connectivity index (χ0n) is 33.8. The third kappa shape index (κ3) is 11.6. The molecule has 0 spiro atoms.